The van der Waals surface area contributed by atoms with Crippen LogP contribution in [0.4, 0.5) is 4.79 Å². The van der Waals surface area contributed by atoms with Gasteiger partial charge in [0.05, 0.1) is 12.6 Å². The number of carboxylic acid groups (broad SMARTS) is 1. The number of methoxy groups -OCH3 is 1. The fourth-order valence-electron chi connectivity index (χ4n) is 1.52. The second-order valence-corrected chi connectivity index (χ2v) is 3.97. The second-order valence-electron chi connectivity index (χ2n) is 3.97. The summed E-state index contributed by atoms with van der Waals surface area (Å²) in [6, 6.07) is -1.56. The fourth-order valence-corrected chi connectivity index (χ4v) is 1.52. The van der Waals surface area contributed by atoms with Crippen LogP contribution < -0.4 is 10.6 Å². The lowest BCUT2D eigenvalue weighted by atomic mass is 10.2. The average molecular weight is 258 g/mol. The first kappa shape index (κ1) is 16.4. The lowest BCUT2D eigenvalue weighted by Crippen LogP contribution is -2.49. The molecule has 0 rings (SSSR count). The van der Waals surface area contributed by atoms with Gasteiger partial charge >= 0.3 is 12.0 Å². The smallest absolute Gasteiger partial charge is 0.326 e. The third-order valence-corrected chi connectivity index (χ3v) is 2.35. The molecule has 6 nitrogen and oxygen atoms in total. The Morgan fingerprint density at radius 2 is 2.11 bits per heavy atom. The van der Waals surface area contributed by atoms with Crippen molar-refractivity contribution in [3.63, 3.8) is 0 Å². The quantitative estimate of drug-likeness (QED) is 0.541. The number of urea groups is 1. The summed E-state index contributed by atoms with van der Waals surface area (Å²) < 4.78 is 4.98. The molecule has 18 heavy (non-hydrogen) atoms. The van der Waals surface area contributed by atoms with Gasteiger partial charge in [-0.15, -0.1) is 6.58 Å². The van der Waals surface area contributed by atoms with E-state index in [-0.39, 0.29) is 12.5 Å². The van der Waals surface area contributed by atoms with Crippen LogP contribution in [0.15, 0.2) is 12.7 Å². The molecule has 2 unspecified atom stereocenters. The lowest BCUT2D eigenvalue weighted by molar-refractivity contribution is -0.139. The summed E-state index contributed by atoms with van der Waals surface area (Å²) in [5.41, 5.74) is 0. The van der Waals surface area contributed by atoms with Crippen LogP contribution in [0.1, 0.15) is 26.2 Å². The maximum atomic E-state index is 11.6. The summed E-state index contributed by atoms with van der Waals surface area (Å²) in [6.07, 6.45) is 3.33. The molecule has 0 aliphatic heterocycles. The van der Waals surface area contributed by atoms with Gasteiger partial charge in [-0.1, -0.05) is 19.4 Å². The van der Waals surface area contributed by atoms with Crippen molar-refractivity contribution < 1.29 is 19.4 Å². The first-order chi connectivity index (χ1) is 8.54. The predicted molar refractivity (Wildman–Crippen MR) is 68.5 cm³/mol. The number of ether oxygens (including phenoxy) is 1. The Bertz CT molecular complexity index is 275. The molecule has 3 N–H and O–H groups in total. The third-order valence-electron chi connectivity index (χ3n) is 2.35. The van der Waals surface area contributed by atoms with Gasteiger partial charge in [-0.25, -0.2) is 9.59 Å². The van der Waals surface area contributed by atoms with Crippen molar-refractivity contribution in [2.75, 3.05) is 13.7 Å². The van der Waals surface area contributed by atoms with Crippen LogP contribution in [0.25, 0.3) is 0 Å². The van der Waals surface area contributed by atoms with Gasteiger partial charge in [0.1, 0.15) is 6.04 Å². The van der Waals surface area contributed by atoms with E-state index in [1.807, 2.05) is 6.92 Å². The minimum absolute atomic E-state index is 0.113. The summed E-state index contributed by atoms with van der Waals surface area (Å²) in [5.74, 6) is -1.08. The number of carboxylic acids is 1. The number of aliphatic carboxylic acids is 1. The zero-order valence-corrected chi connectivity index (χ0v) is 10.9. The molecule has 0 aliphatic carbocycles. The molecule has 0 fully saturated rings. The van der Waals surface area contributed by atoms with Crippen molar-refractivity contribution in [2.45, 2.75) is 38.3 Å². The number of carbonyl (C=O) groups is 2. The highest BCUT2D eigenvalue weighted by atomic mass is 16.5. The number of nitrogens with one attached hydrogen (secondary N) is 2. The summed E-state index contributed by atoms with van der Waals surface area (Å²) in [6.45, 7) is 5.86. The van der Waals surface area contributed by atoms with Gasteiger partial charge in [0.25, 0.3) is 0 Å². The van der Waals surface area contributed by atoms with Crippen LogP contribution in [0.3, 0.4) is 0 Å². The van der Waals surface area contributed by atoms with Crippen molar-refractivity contribution in [3.8, 4) is 0 Å². The number of hydrogen-bond acceptors (Lipinski definition) is 3. The third kappa shape index (κ3) is 6.90. The standard InChI is InChI=1S/C12H22N2O4/c1-4-6-9(8-18-3)13-12(17)14-10(7-5-2)11(15)16/h5,9-10H,2,4,6-8H2,1,3H3,(H,15,16)(H2,13,14,17). The summed E-state index contributed by atoms with van der Waals surface area (Å²) in [4.78, 5) is 22.5. The molecule has 0 saturated heterocycles. The van der Waals surface area contributed by atoms with E-state index in [0.717, 1.165) is 12.8 Å². The largest absolute Gasteiger partial charge is 0.480 e. The number of amides is 2. The van der Waals surface area contributed by atoms with E-state index in [9.17, 15) is 9.59 Å². The van der Waals surface area contributed by atoms with E-state index in [1.54, 1.807) is 7.11 Å². The highest BCUT2D eigenvalue weighted by Crippen LogP contribution is 1.98. The minimum atomic E-state index is -1.08. The van der Waals surface area contributed by atoms with E-state index in [1.165, 1.54) is 6.08 Å². The van der Waals surface area contributed by atoms with Gasteiger partial charge < -0.3 is 20.5 Å². The zero-order chi connectivity index (χ0) is 14.0. The Morgan fingerprint density at radius 1 is 1.44 bits per heavy atom. The number of hydrogen-bond donors (Lipinski definition) is 3. The second kappa shape index (κ2) is 9.47. The van der Waals surface area contributed by atoms with Crippen LogP contribution in [0.2, 0.25) is 0 Å². The van der Waals surface area contributed by atoms with Crippen molar-refractivity contribution in [1.82, 2.24) is 10.6 Å². The van der Waals surface area contributed by atoms with Gasteiger partial charge in [-0.05, 0) is 12.8 Å². The van der Waals surface area contributed by atoms with Gasteiger partial charge in [0.2, 0.25) is 0 Å². The molecule has 0 bridgehead atoms. The predicted octanol–water partition coefficient (Wildman–Crippen LogP) is 1.13. The molecular weight excluding hydrogens is 236 g/mol. The molecule has 0 aromatic heterocycles. The van der Waals surface area contributed by atoms with Gasteiger partial charge in [0, 0.05) is 7.11 Å². The van der Waals surface area contributed by atoms with E-state index in [2.05, 4.69) is 17.2 Å². The van der Waals surface area contributed by atoms with Crippen LogP contribution in [-0.2, 0) is 9.53 Å². The highest BCUT2D eigenvalue weighted by molar-refractivity contribution is 5.82. The molecular formula is C12H22N2O4. The molecule has 0 saturated carbocycles. The fraction of sp³-hybridized carbons (Fsp3) is 0.667. The average Bonchev–Trinajstić information content (AvgIpc) is 2.29. The Hall–Kier alpha value is -1.56. The Balaban J connectivity index is 4.27. The van der Waals surface area contributed by atoms with Crippen LogP contribution in [0, 0.1) is 0 Å². The van der Waals surface area contributed by atoms with Crippen molar-refractivity contribution in [1.29, 1.82) is 0 Å². The molecule has 2 atom stereocenters. The van der Waals surface area contributed by atoms with Gasteiger partial charge in [-0.3, -0.25) is 0 Å². The minimum Gasteiger partial charge on any atom is -0.480 e. The molecule has 0 aliphatic rings. The first-order valence-electron chi connectivity index (χ1n) is 5.94. The lowest BCUT2D eigenvalue weighted by Gasteiger charge is -2.19. The topological polar surface area (TPSA) is 87.7 Å². The Labute approximate surface area is 107 Å². The van der Waals surface area contributed by atoms with Crippen molar-refractivity contribution in [2.24, 2.45) is 0 Å². The van der Waals surface area contributed by atoms with E-state index < -0.39 is 18.0 Å². The van der Waals surface area contributed by atoms with Crippen LogP contribution in [0.5, 0.6) is 0 Å². The Morgan fingerprint density at radius 3 is 2.56 bits per heavy atom. The molecule has 6 heteroatoms. The number of carbonyl (C=O) groups excluding carboxylic acids is 1. The van der Waals surface area contributed by atoms with Gasteiger partial charge in [-0.2, -0.15) is 0 Å². The molecule has 0 heterocycles. The first-order valence-corrected chi connectivity index (χ1v) is 5.94. The van der Waals surface area contributed by atoms with Crippen LogP contribution >= 0.6 is 0 Å². The van der Waals surface area contributed by atoms with Crippen molar-refractivity contribution >= 4 is 12.0 Å². The summed E-state index contributed by atoms with van der Waals surface area (Å²) in [5, 5.41) is 14.0. The SMILES string of the molecule is C=CCC(NC(=O)NC(CCC)COC)C(=O)O. The molecule has 2 amide bonds. The van der Waals surface area contributed by atoms with Crippen molar-refractivity contribution in [3.05, 3.63) is 12.7 Å². The maximum Gasteiger partial charge on any atom is 0.326 e. The highest BCUT2D eigenvalue weighted by Gasteiger charge is 2.19. The molecule has 0 aromatic rings. The number of rotatable bonds is 9. The monoisotopic (exact) mass is 258 g/mol. The van der Waals surface area contributed by atoms with Crippen LogP contribution in [-0.4, -0.2) is 42.9 Å². The molecule has 0 aromatic carbocycles. The molecule has 104 valence electrons. The Kier molecular flexibility index (Phi) is 8.65. The summed E-state index contributed by atoms with van der Waals surface area (Å²) in [7, 11) is 1.56. The van der Waals surface area contributed by atoms with E-state index in [4.69, 9.17) is 9.84 Å². The molecule has 0 radical (unpaired) electrons. The van der Waals surface area contributed by atoms with Gasteiger partial charge in [0.15, 0.2) is 0 Å². The summed E-state index contributed by atoms with van der Waals surface area (Å²) >= 11 is 0. The molecule has 0 spiro atoms. The maximum absolute atomic E-state index is 11.6. The van der Waals surface area contributed by atoms with E-state index >= 15 is 0 Å². The normalized spacial score (nSPS) is 13.4. The zero-order valence-electron chi connectivity index (χ0n) is 10.9. The van der Waals surface area contributed by atoms with E-state index in [0.29, 0.717) is 6.61 Å².